The summed E-state index contributed by atoms with van der Waals surface area (Å²) in [6, 6.07) is 7.58. The Morgan fingerprint density at radius 2 is 1.86 bits per heavy atom. The third kappa shape index (κ3) is 5.02. The standard InChI is InChI=1S/C17H16N6OS4/c24-14-5-9(10-6-15(22-19-7-10)28-17(25,26)27)1-4-12(14)13-8-18-16(23-21-13)20-11-2-3-11/h1,4-8,11,24-27H,2-3H2,(H,18,20,23). The zero-order chi connectivity index (χ0) is 19.7. The molecule has 0 bridgehead atoms. The van der Waals surface area contributed by atoms with Crippen molar-refractivity contribution < 1.29 is 5.11 Å². The van der Waals surface area contributed by atoms with Crippen molar-refractivity contribution in [2.75, 3.05) is 5.32 Å². The summed E-state index contributed by atoms with van der Waals surface area (Å²) in [5, 5.41) is 30.6. The normalized spacial score (nSPS) is 14.1. The minimum Gasteiger partial charge on any atom is -0.507 e. The zero-order valence-corrected chi connectivity index (χ0v) is 17.9. The average Bonchev–Trinajstić information content (AvgIpc) is 3.45. The highest BCUT2D eigenvalue weighted by Gasteiger charge is 2.22. The predicted molar refractivity (Wildman–Crippen MR) is 120 cm³/mol. The van der Waals surface area contributed by atoms with Crippen molar-refractivity contribution in [1.29, 1.82) is 0 Å². The Balaban J connectivity index is 1.56. The molecular weight excluding hydrogens is 432 g/mol. The molecule has 0 amide bonds. The summed E-state index contributed by atoms with van der Waals surface area (Å²) in [7, 11) is 0. The molecule has 4 rings (SSSR count). The van der Waals surface area contributed by atoms with E-state index in [1.807, 2.05) is 12.1 Å². The largest absolute Gasteiger partial charge is 0.507 e. The number of nitrogens with zero attached hydrogens (tertiary/aromatic N) is 5. The first-order valence-electron chi connectivity index (χ1n) is 8.36. The Bertz CT molecular complexity index is 992. The van der Waals surface area contributed by atoms with Gasteiger partial charge in [0.2, 0.25) is 5.95 Å². The highest BCUT2D eigenvalue weighted by Crippen LogP contribution is 2.42. The smallest absolute Gasteiger partial charge is 0.242 e. The summed E-state index contributed by atoms with van der Waals surface area (Å²) in [6.45, 7) is 0. The third-order valence-corrected chi connectivity index (χ3v) is 5.46. The Hall–Kier alpha value is -1.69. The third-order valence-electron chi connectivity index (χ3n) is 3.95. The van der Waals surface area contributed by atoms with Crippen LogP contribution in [0.5, 0.6) is 5.75 Å². The monoisotopic (exact) mass is 448 g/mol. The van der Waals surface area contributed by atoms with Gasteiger partial charge in [-0.15, -0.1) is 53.2 Å². The van der Waals surface area contributed by atoms with E-state index in [1.165, 1.54) is 11.8 Å². The summed E-state index contributed by atoms with van der Waals surface area (Å²) >= 11 is 14.0. The lowest BCUT2D eigenvalue weighted by molar-refractivity contribution is 0.477. The van der Waals surface area contributed by atoms with Crippen molar-refractivity contribution in [2.24, 2.45) is 0 Å². The highest BCUT2D eigenvalue weighted by molar-refractivity contribution is 8.36. The first-order chi connectivity index (χ1) is 13.4. The summed E-state index contributed by atoms with van der Waals surface area (Å²) in [4.78, 5) is 4.26. The quantitative estimate of drug-likeness (QED) is 0.221. The maximum absolute atomic E-state index is 10.5. The fourth-order valence-electron chi connectivity index (χ4n) is 2.50. The van der Waals surface area contributed by atoms with Gasteiger partial charge >= 0.3 is 0 Å². The van der Waals surface area contributed by atoms with Crippen LogP contribution in [0.2, 0.25) is 0 Å². The molecule has 0 aliphatic heterocycles. The number of rotatable bonds is 6. The molecule has 2 heterocycles. The molecule has 7 nitrogen and oxygen atoms in total. The van der Waals surface area contributed by atoms with Crippen molar-refractivity contribution in [3.8, 4) is 28.1 Å². The Morgan fingerprint density at radius 3 is 2.50 bits per heavy atom. The summed E-state index contributed by atoms with van der Waals surface area (Å²) in [5.41, 5.74) is 2.64. The van der Waals surface area contributed by atoms with Gasteiger partial charge in [0.05, 0.1) is 12.4 Å². The van der Waals surface area contributed by atoms with Crippen LogP contribution in [0.1, 0.15) is 12.8 Å². The van der Waals surface area contributed by atoms with Gasteiger partial charge in [-0.1, -0.05) is 17.8 Å². The molecule has 1 saturated carbocycles. The van der Waals surface area contributed by atoms with Crippen LogP contribution in [0.25, 0.3) is 22.4 Å². The molecule has 28 heavy (non-hydrogen) atoms. The Kier molecular flexibility index (Phi) is 5.59. The van der Waals surface area contributed by atoms with Crippen LogP contribution in [0.15, 0.2) is 41.7 Å². The minimum atomic E-state index is -0.870. The van der Waals surface area contributed by atoms with Gasteiger partial charge in [-0.05, 0) is 36.6 Å². The number of aromatic hydroxyl groups is 1. The van der Waals surface area contributed by atoms with Crippen LogP contribution in [0, 0.1) is 0 Å². The van der Waals surface area contributed by atoms with Crippen LogP contribution in [-0.4, -0.2) is 39.3 Å². The second kappa shape index (κ2) is 7.97. The number of thiol groups is 3. The van der Waals surface area contributed by atoms with Crippen molar-refractivity contribution in [2.45, 2.75) is 26.7 Å². The van der Waals surface area contributed by atoms with E-state index >= 15 is 0 Å². The van der Waals surface area contributed by atoms with E-state index in [-0.39, 0.29) is 5.75 Å². The van der Waals surface area contributed by atoms with Gasteiger partial charge in [0, 0.05) is 17.2 Å². The maximum atomic E-state index is 10.5. The lowest BCUT2D eigenvalue weighted by Crippen LogP contribution is -2.06. The molecule has 3 aromatic rings. The summed E-state index contributed by atoms with van der Waals surface area (Å²) < 4.78 is -0.870. The number of thioether (sulfide) groups is 1. The minimum absolute atomic E-state index is 0.0782. The van der Waals surface area contributed by atoms with Gasteiger partial charge in [0.15, 0.2) is 2.74 Å². The first-order valence-corrected chi connectivity index (χ1v) is 10.5. The molecule has 0 unspecified atom stereocenters. The van der Waals surface area contributed by atoms with E-state index in [4.69, 9.17) is 0 Å². The molecule has 1 aliphatic rings. The van der Waals surface area contributed by atoms with E-state index in [2.05, 4.69) is 68.6 Å². The van der Waals surface area contributed by atoms with Gasteiger partial charge < -0.3 is 10.4 Å². The Labute approximate surface area is 182 Å². The van der Waals surface area contributed by atoms with Crippen LogP contribution >= 0.6 is 49.6 Å². The molecule has 0 atom stereocenters. The number of benzene rings is 1. The molecule has 0 spiro atoms. The molecule has 0 saturated heterocycles. The number of phenolic OH excluding ortho intramolecular Hbond substituents is 1. The number of nitrogens with one attached hydrogen (secondary N) is 1. The molecule has 2 aromatic heterocycles. The number of hydrogen-bond donors (Lipinski definition) is 5. The van der Waals surface area contributed by atoms with E-state index in [0.29, 0.717) is 28.3 Å². The fourth-order valence-corrected chi connectivity index (χ4v) is 3.89. The predicted octanol–water partition coefficient (Wildman–Crippen LogP) is 3.77. The molecule has 144 valence electrons. The molecular formula is C17H16N6OS4. The van der Waals surface area contributed by atoms with Gasteiger partial charge in [0.25, 0.3) is 0 Å². The first kappa shape index (κ1) is 19.6. The van der Waals surface area contributed by atoms with Crippen molar-refractivity contribution in [3.05, 3.63) is 36.7 Å². The number of aromatic nitrogens is 5. The lowest BCUT2D eigenvalue weighted by atomic mass is 10.0. The van der Waals surface area contributed by atoms with Crippen LogP contribution in [-0.2, 0) is 0 Å². The van der Waals surface area contributed by atoms with Gasteiger partial charge in [-0.2, -0.15) is 5.10 Å². The van der Waals surface area contributed by atoms with E-state index in [1.54, 1.807) is 24.5 Å². The zero-order valence-electron chi connectivity index (χ0n) is 14.4. The topological polar surface area (TPSA) is 96.7 Å². The lowest BCUT2D eigenvalue weighted by Gasteiger charge is -2.13. The average molecular weight is 449 g/mol. The van der Waals surface area contributed by atoms with E-state index in [0.717, 1.165) is 24.0 Å². The molecule has 1 aliphatic carbocycles. The number of hydrogen-bond acceptors (Lipinski definition) is 11. The van der Waals surface area contributed by atoms with Crippen molar-refractivity contribution >= 4 is 55.6 Å². The maximum Gasteiger partial charge on any atom is 0.242 e. The summed E-state index contributed by atoms with van der Waals surface area (Å²) in [6.07, 6.45) is 5.49. The second-order valence-electron chi connectivity index (χ2n) is 6.28. The highest BCUT2D eigenvalue weighted by atomic mass is 32.3. The van der Waals surface area contributed by atoms with Gasteiger partial charge in [0.1, 0.15) is 16.5 Å². The molecule has 1 fully saturated rings. The SMILES string of the molecule is Oc1cc(-c2cnnc(SC(S)(S)S)c2)ccc1-c1cnc(NC2CC2)nn1. The Morgan fingerprint density at radius 1 is 1.04 bits per heavy atom. The molecule has 2 N–H and O–H groups in total. The van der Waals surface area contributed by atoms with Crippen molar-refractivity contribution in [1.82, 2.24) is 25.4 Å². The van der Waals surface area contributed by atoms with E-state index < -0.39 is 2.74 Å². The molecule has 1 aromatic carbocycles. The van der Waals surface area contributed by atoms with Crippen LogP contribution in [0.3, 0.4) is 0 Å². The van der Waals surface area contributed by atoms with Gasteiger partial charge in [-0.3, -0.25) is 0 Å². The second-order valence-corrected chi connectivity index (χ2v) is 11.5. The van der Waals surface area contributed by atoms with E-state index in [9.17, 15) is 5.11 Å². The summed E-state index contributed by atoms with van der Waals surface area (Å²) in [5.74, 6) is 0.582. The van der Waals surface area contributed by atoms with Gasteiger partial charge in [-0.25, -0.2) is 4.98 Å². The fraction of sp³-hybridized carbons (Fsp3) is 0.235. The molecule has 11 heteroatoms. The molecule has 0 radical (unpaired) electrons. The number of anilines is 1. The van der Waals surface area contributed by atoms with Crippen LogP contribution < -0.4 is 5.32 Å². The van der Waals surface area contributed by atoms with Crippen molar-refractivity contribution in [3.63, 3.8) is 0 Å². The number of phenols is 1. The van der Waals surface area contributed by atoms with Crippen LogP contribution in [0.4, 0.5) is 5.95 Å².